The van der Waals surface area contributed by atoms with Crippen LogP contribution >= 0.6 is 0 Å². The van der Waals surface area contributed by atoms with Crippen LogP contribution in [0.15, 0.2) is 83.8 Å². The fourth-order valence-corrected chi connectivity index (χ4v) is 5.74. The van der Waals surface area contributed by atoms with Crippen molar-refractivity contribution in [3.63, 3.8) is 0 Å². The van der Waals surface area contributed by atoms with Crippen molar-refractivity contribution in [2.75, 3.05) is 17.9 Å². The van der Waals surface area contributed by atoms with Gasteiger partial charge >= 0.3 is 0 Å². The first-order valence-corrected chi connectivity index (χ1v) is 13.9. The van der Waals surface area contributed by atoms with E-state index in [1.807, 2.05) is 57.2 Å². The maximum Gasteiger partial charge on any atom is 0.264 e. The summed E-state index contributed by atoms with van der Waals surface area (Å²) in [6.07, 6.45) is 0.975. The first-order chi connectivity index (χ1) is 17.7. The van der Waals surface area contributed by atoms with Crippen LogP contribution in [0.2, 0.25) is 0 Å². The second kappa shape index (κ2) is 12.5. The van der Waals surface area contributed by atoms with Crippen molar-refractivity contribution in [1.82, 2.24) is 10.2 Å². The van der Waals surface area contributed by atoms with Crippen molar-refractivity contribution in [1.29, 1.82) is 0 Å². The van der Waals surface area contributed by atoms with E-state index in [1.54, 1.807) is 30.3 Å². The Morgan fingerprint density at radius 3 is 2.11 bits per heavy atom. The summed E-state index contributed by atoms with van der Waals surface area (Å²) in [4.78, 5) is 28.3. The molecule has 0 radical (unpaired) electrons. The molecular weight excluding hydrogens is 486 g/mol. The van der Waals surface area contributed by atoms with Crippen molar-refractivity contribution < 1.29 is 18.0 Å². The van der Waals surface area contributed by atoms with Gasteiger partial charge in [-0.2, -0.15) is 0 Å². The lowest BCUT2D eigenvalue weighted by molar-refractivity contribution is -0.140. The Balaban J connectivity index is 2.08. The molecule has 3 aromatic rings. The topological polar surface area (TPSA) is 86.8 Å². The highest BCUT2D eigenvalue weighted by Crippen LogP contribution is 2.28. The minimum absolute atomic E-state index is 0.0946. The molecule has 0 aliphatic carbocycles. The molecule has 0 bridgehead atoms. The molecular formula is C29H35N3O4S. The molecule has 196 valence electrons. The number of benzene rings is 3. The summed E-state index contributed by atoms with van der Waals surface area (Å²) >= 11 is 0. The minimum Gasteiger partial charge on any atom is -0.357 e. The van der Waals surface area contributed by atoms with Gasteiger partial charge in [-0.3, -0.25) is 13.9 Å². The molecule has 0 saturated heterocycles. The third-order valence-electron chi connectivity index (χ3n) is 6.36. The van der Waals surface area contributed by atoms with Crippen molar-refractivity contribution in [2.24, 2.45) is 0 Å². The lowest BCUT2D eigenvalue weighted by Crippen LogP contribution is -2.51. The van der Waals surface area contributed by atoms with Crippen LogP contribution in [0.3, 0.4) is 0 Å². The fourth-order valence-electron chi connectivity index (χ4n) is 4.26. The number of carbonyl (C=O) groups is 2. The number of likely N-dealkylation sites (N-methyl/N-ethyl adjacent to an activating group) is 1. The predicted molar refractivity (Wildman–Crippen MR) is 147 cm³/mol. The minimum atomic E-state index is -4.07. The van der Waals surface area contributed by atoms with E-state index in [0.29, 0.717) is 18.5 Å². The van der Waals surface area contributed by atoms with Crippen molar-refractivity contribution in [3.8, 4) is 0 Å². The number of hydrogen-bond donors (Lipinski definition) is 1. The van der Waals surface area contributed by atoms with Gasteiger partial charge in [-0.25, -0.2) is 8.42 Å². The molecule has 0 saturated carbocycles. The Hall–Kier alpha value is -3.65. The Kier molecular flexibility index (Phi) is 9.47. The monoisotopic (exact) mass is 521 g/mol. The number of sulfonamides is 1. The lowest BCUT2D eigenvalue weighted by Gasteiger charge is -2.33. The molecule has 37 heavy (non-hydrogen) atoms. The van der Waals surface area contributed by atoms with Gasteiger partial charge in [0.1, 0.15) is 12.6 Å². The zero-order valence-corrected chi connectivity index (χ0v) is 22.7. The first-order valence-electron chi connectivity index (χ1n) is 12.4. The van der Waals surface area contributed by atoms with Crippen molar-refractivity contribution >= 4 is 27.5 Å². The van der Waals surface area contributed by atoms with Gasteiger partial charge in [0.2, 0.25) is 11.8 Å². The third kappa shape index (κ3) is 6.57. The van der Waals surface area contributed by atoms with Gasteiger partial charge in [0.15, 0.2) is 0 Å². The molecule has 0 fully saturated rings. The van der Waals surface area contributed by atoms with Gasteiger partial charge in [0, 0.05) is 13.6 Å². The molecule has 1 atom stereocenters. The zero-order chi connectivity index (χ0) is 27.0. The molecule has 1 N–H and O–H groups in total. The molecule has 3 rings (SSSR count). The molecule has 0 aromatic heterocycles. The maximum atomic E-state index is 13.9. The number of rotatable bonds is 11. The SMILES string of the molecule is CCc1ccccc1N(CC(=O)N(Cc1ccc(C)cc1)[C@@H](CC)C(=O)NC)S(=O)(=O)c1ccccc1. The van der Waals surface area contributed by atoms with E-state index in [1.165, 1.54) is 28.4 Å². The number of carbonyl (C=O) groups excluding carboxylic acids is 2. The summed E-state index contributed by atoms with van der Waals surface area (Å²) in [7, 11) is -2.54. The average Bonchev–Trinajstić information content (AvgIpc) is 2.92. The summed E-state index contributed by atoms with van der Waals surface area (Å²) in [5, 5.41) is 2.64. The predicted octanol–water partition coefficient (Wildman–Crippen LogP) is 4.31. The molecule has 0 spiro atoms. The fraction of sp³-hybridized carbons (Fsp3) is 0.310. The summed E-state index contributed by atoms with van der Waals surface area (Å²) < 4.78 is 28.9. The van der Waals surface area contributed by atoms with Crippen LogP contribution in [0.1, 0.15) is 37.0 Å². The molecule has 7 nitrogen and oxygen atoms in total. The second-order valence-electron chi connectivity index (χ2n) is 8.85. The van der Waals surface area contributed by atoms with Gasteiger partial charge in [-0.15, -0.1) is 0 Å². The van der Waals surface area contributed by atoms with Gasteiger partial charge < -0.3 is 10.2 Å². The van der Waals surface area contributed by atoms with E-state index in [4.69, 9.17) is 0 Å². The van der Waals surface area contributed by atoms with E-state index in [0.717, 1.165) is 16.7 Å². The van der Waals surface area contributed by atoms with Crippen LogP contribution in [-0.4, -0.2) is 44.8 Å². The van der Waals surface area contributed by atoms with E-state index < -0.39 is 28.5 Å². The number of anilines is 1. The highest BCUT2D eigenvalue weighted by Gasteiger charge is 2.33. The molecule has 0 heterocycles. The van der Waals surface area contributed by atoms with Gasteiger partial charge in [-0.1, -0.05) is 80.1 Å². The highest BCUT2D eigenvalue weighted by atomic mass is 32.2. The summed E-state index contributed by atoms with van der Waals surface area (Å²) in [6, 6.07) is 22.2. The quantitative estimate of drug-likeness (QED) is 0.408. The Morgan fingerprint density at radius 1 is 0.892 bits per heavy atom. The molecule has 0 aliphatic rings. The zero-order valence-electron chi connectivity index (χ0n) is 21.8. The number of aryl methyl sites for hydroxylation is 2. The van der Waals surface area contributed by atoms with Crippen LogP contribution in [0, 0.1) is 6.92 Å². The van der Waals surface area contributed by atoms with Gasteiger partial charge in [0.25, 0.3) is 10.0 Å². The van der Waals surface area contributed by atoms with Crippen molar-refractivity contribution in [3.05, 3.63) is 95.6 Å². The van der Waals surface area contributed by atoms with Gasteiger partial charge in [-0.05, 0) is 49.1 Å². The normalized spacial score (nSPS) is 12.0. The lowest BCUT2D eigenvalue weighted by atomic mass is 10.1. The van der Waals surface area contributed by atoms with Crippen LogP contribution in [0.25, 0.3) is 0 Å². The number of nitrogens with zero attached hydrogens (tertiary/aromatic N) is 2. The highest BCUT2D eigenvalue weighted by molar-refractivity contribution is 7.92. The molecule has 2 amide bonds. The van der Waals surface area contributed by atoms with Crippen LogP contribution in [-0.2, 0) is 32.6 Å². The summed E-state index contributed by atoms with van der Waals surface area (Å²) in [6.45, 7) is 5.49. The Labute approximate surface area is 220 Å². The average molecular weight is 522 g/mol. The summed E-state index contributed by atoms with van der Waals surface area (Å²) in [5.74, 6) is -0.754. The number of nitrogens with one attached hydrogen (secondary N) is 1. The first kappa shape index (κ1) is 27.9. The molecule has 0 unspecified atom stereocenters. The summed E-state index contributed by atoms with van der Waals surface area (Å²) in [5.41, 5.74) is 3.19. The standard InChI is InChI=1S/C29H35N3O4S/c1-5-24-12-10-11-15-27(24)32(37(35,36)25-13-8-7-9-14-25)21-28(33)31(26(6-2)29(34)30-4)20-23-18-16-22(3)17-19-23/h7-19,26H,5-6,20-21H2,1-4H3,(H,30,34)/t26-/m0/s1. The van der Waals surface area contributed by atoms with Crippen LogP contribution in [0.5, 0.6) is 0 Å². The van der Waals surface area contributed by atoms with Crippen molar-refractivity contribution in [2.45, 2.75) is 51.1 Å². The molecule has 0 aliphatic heterocycles. The Bertz CT molecular complexity index is 1310. The van der Waals surface area contributed by atoms with E-state index >= 15 is 0 Å². The van der Waals surface area contributed by atoms with E-state index in [9.17, 15) is 18.0 Å². The number of amides is 2. The molecule has 8 heteroatoms. The van der Waals surface area contributed by atoms with E-state index in [-0.39, 0.29) is 17.3 Å². The van der Waals surface area contributed by atoms with E-state index in [2.05, 4.69) is 5.32 Å². The van der Waals surface area contributed by atoms with Crippen LogP contribution < -0.4 is 9.62 Å². The largest absolute Gasteiger partial charge is 0.357 e. The third-order valence-corrected chi connectivity index (χ3v) is 8.13. The molecule has 3 aromatic carbocycles. The maximum absolute atomic E-state index is 13.9. The Morgan fingerprint density at radius 2 is 1.51 bits per heavy atom. The number of hydrogen-bond acceptors (Lipinski definition) is 4. The number of para-hydroxylation sites is 1. The second-order valence-corrected chi connectivity index (χ2v) is 10.7. The van der Waals surface area contributed by atoms with Crippen LogP contribution in [0.4, 0.5) is 5.69 Å². The smallest absolute Gasteiger partial charge is 0.264 e. The van der Waals surface area contributed by atoms with Gasteiger partial charge in [0.05, 0.1) is 10.6 Å².